The normalized spacial score (nSPS) is 12.8. The van der Waals surface area contributed by atoms with Gasteiger partial charge in [-0.25, -0.2) is 4.39 Å². The zero-order valence-electron chi connectivity index (χ0n) is 10.4. The molecule has 1 unspecified atom stereocenters. The number of nitrogens with zero attached hydrogens (tertiary/aromatic N) is 1. The molecule has 0 aliphatic rings. The first-order valence-electron chi connectivity index (χ1n) is 5.74. The van der Waals surface area contributed by atoms with Crippen LogP contribution in [-0.2, 0) is 4.79 Å². The van der Waals surface area contributed by atoms with Gasteiger partial charge in [-0.05, 0) is 43.3 Å². The lowest BCUT2D eigenvalue weighted by Gasteiger charge is -2.27. The van der Waals surface area contributed by atoms with Crippen molar-refractivity contribution < 1.29 is 14.3 Å². The lowest BCUT2D eigenvalue weighted by atomic mass is 10.00. The van der Waals surface area contributed by atoms with E-state index in [1.54, 1.807) is 13.0 Å². The Morgan fingerprint density at radius 1 is 1.41 bits per heavy atom. The molecule has 0 saturated carbocycles. The molecule has 1 aromatic carbocycles. The molecule has 1 atom stereocenters. The monoisotopic (exact) mass is 239 g/mol. The molecule has 0 heterocycles. The molecule has 4 heteroatoms. The van der Waals surface area contributed by atoms with Crippen molar-refractivity contribution in [1.82, 2.24) is 4.90 Å². The number of aliphatic carboxylic acids is 1. The van der Waals surface area contributed by atoms with Gasteiger partial charge < -0.3 is 5.11 Å². The summed E-state index contributed by atoms with van der Waals surface area (Å²) < 4.78 is 13.0. The van der Waals surface area contributed by atoms with Crippen LogP contribution in [0, 0.1) is 12.7 Å². The second-order valence-corrected chi connectivity index (χ2v) is 3.96. The highest BCUT2D eigenvalue weighted by atomic mass is 19.1. The first-order chi connectivity index (χ1) is 8.01. The van der Waals surface area contributed by atoms with Gasteiger partial charge in [0.15, 0.2) is 0 Å². The van der Waals surface area contributed by atoms with Crippen molar-refractivity contribution >= 4 is 5.97 Å². The first-order valence-corrected chi connectivity index (χ1v) is 5.74. The fourth-order valence-corrected chi connectivity index (χ4v) is 2.02. The van der Waals surface area contributed by atoms with E-state index in [1.807, 2.05) is 18.7 Å². The van der Waals surface area contributed by atoms with E-state index in [1.165, 1.54) is 12.1 Å². The SMILES string of the molecule is CCN(CC)C(C(=O)O)c1ccc(F)cc1C. The Morgan fingerprint density at radius 2 is 2.00 bits per heavy atom. The van der Waals surface area contributed by atoms with E-state index in [0.29, 0.717) is 24.2 Å². The third-order valence-electron chi connectivity index (χ3n) is 2.94. The van der Waals surface area contributed by atoms with Gasteiger partial charge in [-0.1, -0.05) is 19.9 Å². The van der Waals surface area contributed by atoms with Crippen LogP contribution in [0.4, 0.5) is 4.39 Å². The molecule has 1 N–H and O–H groups in total. The summed E-state index contributed by atoms with van der Waals surface area (Å²) in [5, 5.41) is 9.32. The van der Waals surface area contributed by atoms with Crippen molar-refractivity contribution in [2.75, 3.05) is 13.1 Å². The summed E-state index contributed by atoms with van der Waals surface area (Å²) in [4.78, 5) is 13.2. The number of hydrogen-bond acceptors (Lipinski definition) is 2. The first kappa shape index (κ1) is 13.6. The molecule has 0 fully saturated rings. The summed E-state index contributed by atoms with van der Waals surface area (Å²) in [5.41, 5.74) is 1.33. The lowest BCUT2D eigenvalue weighted by molar-refractivity contribution is -0.143. The number of likely N-dealkylation sites (N-methyl/N-ethyl adjacent to an activating group) is 1. The minimum Gasteiger partial charge on any atom is -0.480 e. The fourth-order valence-electron chi connectivity index (χ4n) is 2.02. The number of hydrogen-bond donors (Lipinski definition) is 1. The quantitative estimate of drug-likeness (QED) is 0.858. The van der Waals surface area contributed by atoms with Gasteiger partial charge in [0.05, 0.1) is 0 Å². The Hall–Kier alpha value is -1.42. The molecule has 0 radical (unpaired) electrons. The maximum atomic E-state index is 13.0. The molecule has 1 aromatic rings. The molecular formula is C13H18FNO2. The molecule has 0 spiro atoms. The highest BCUT2D eigenvalue weighted by molar-refractivity contribution is 5.76. The van der Waals surface area contributed by atoms with E-state index in [9.17, 15) is 14.3 Å². The van der Waals surface area contributed by atoms with Gasteiger partial charge >= 0.3 is 5.97 Å². The summed E-state index contributed by atoms with van der Waals surface area (Å²) in [6.45, 7) is 6.85. The van der Waals surface area contributed by atoms with E-state index in [2.05, 4.69) is 0 Å². The second kappa shape index (κ2) is 5.77. The standard InChI is InChI=1S/C13H18FNO2/c1-4-15(5-2)12(13(16)17)11-7-6-10(14)8-9(11)3/h6-8,12H,4-5H2,1-3H3,(H,16,17). The van der Waals surface area contributed by atoms with E-state index < -0.39 is 12.0 Å². The van der Waals surface area contributed by atoms with Crippen molar-refractivity contribution in [3.05, 3.63) is 35.1 Å². The van der Waals surface area contributed by atoms with Crippen LogP contribution in [0.25, 0.3) is 0 Å². The molecule has 17 heavy (non-hydrogen) atoms. The minimum atomic E-state index is -0.900. The van der Waals surface area contributed by atoms with E-state index in [4.69, 9.17) is 0 Å². The predicted molar refractivity (Wildman–Crippen MR) is 64.4 cm³/mol. The largest absolute Gasteiger partial charge is 0.480 e. The molecule has 1 rings (SSSR count). The van der Waals surface area contributed by atoms with Gasteiger partial charge in [0.25, 0.3) is 0 Å². The van der Waals surface area contributed by atoms with Crippen molar-refractivity contribution in [1.29, 1.82) is 0 Å². The van der Waals surface area contributed by atoms with Crippen LogP contribution in [0.3, 0.4) is 0 Å². The number of carboxylic acid groups (broad SMARTS) is 1. The van der Waals surface area contributed by atoms with Gasteiger partial charge in [-0.2, -0.15) is 0 Å². The van der Waals surface area contributed by atoms with Gasteiger partial charge in [0.1, 0.15) is 11.9 Å². The Morgan fingerprint density at radius 3 is 2.41 bits per heavy atom. The molecule has 0 saturated heterocycles. The number of carboxylic acids is 1. The molecule has 0 bridgehead atoms. The molecule has 0 aromatic heterocycles. The van der Waals surface area contributed by atoms with Gasteiger partial charge in [0.2, 0.25) is 0 Å². The molecule has 0 aliphatic carbocycles. The van der Waals surface area contributed by atoms with Crippen LogP contribution in [-0.4, -0.2) is 29.1 Å². The zero-order chi connectivity index (χ0) is 13.0. The van der Waals surface area contributed by atoms with Crippen LogP contribution in [0.2, 0.25) is 0 Å². The van der Waals surface area contributed by atoms with E-state index >= 15 is 0 Å². The highest BCUT2D eigenvalue weighted by Gasteiger charge is 2.26. The average Bonchev–Trinajstić information content (AvgIpc) is 2.26. The zero-order valence-corrected chi connectivity index (χ0v) is 10.4. The Labute approximate surface area is 101 Å². The third-order valence-corrected chi connectivity index (χ3v) is 2.94. The number of aryl methyl sites for hydroxylation is 1. The third kappa shape index (κ3) is 3.03. The second-order valence-electron chi connectivity index (χ2n) is 3.96. The van der Waals surface area contributed by atoms with Crippen molar-refractivity contribution in [3.8, 4) is 0 Å². The van der Waals surface area contributed by atoms with Crippen LogP contribution in [0.1, 0.15) is 31.0 Å². The number of halogens is 1. The molecular weight excluding hydrogens is 221 g/mol. The Bertz CT molecular complexity index is 402. The van der Waals surface area contributed by atoms with Crippen molar-refractivity contribution in [2.24, 2.45) is 0 Å². The Kier molecular flexibility index (Phi) is 4.63. The summed E-state index contributed by atoms with van der Waals surface area (Å²) in [7, 11) is 0. The summed E-state index contributed by atoms with van der Waals surface area (Å²) >= 11 is 0. The number of carbonyl (C=O) groups is 1. The van der Waals surface area contributed by atoms with E-state index in [-0.39, 0.29) is 5.82 Å². The highest BCUT2D eigenvalue weighted by Crippen LogP contribution is 2.24. The van der Waals surface area contributed by atoms with Crippen LogP contribution < -0.4 is 0 Å². The van der Waals surface area contributed by atoms with Gasteiger partial charge in [0, 0.05) is 0 Å². The number of benzene rings is 1. The smallest absolute Gasteiger partial charge is 0.325 e. The maximum absolute atomic E-state index is 13.0. The lowest BCUT2D eigenvalue weighted by Crippen LogP contribution is -2.34. The van der Waals surface area contributed by atoms with Crippen LogP contribution in [0.5, 0.6) is 0 Å². The molecule has 3 nitrogen and oxygen atoms in total. The van der Waals surface area contributed by atoms with Gasteiger partial charge in [-0.3, -0.25) is 9.69 Å². The van der Waals surface area contributed by atoms with Crippen LogP contribution >= 0.6 is 0 Å². The van der Waals surface area contributed by atoms with Gasteiger partial charge in [-0.15, -0.1) is 0 Å². The summed E-state index contributed by atoms with van der Waals surface area (Å²) in [6, 6.07) is 3.53. The van der Waals surface area contributed by atoms with Crippen molar-refractivity contribution in [2.45, 2.75) is 26.8 Å². The van der Waals surface area contributed by atoms with Crippen molar-refractivity contribution in [3.63, 3.8) is 0 Å². The predicted octanol–water partition coefficient (Wildman–Crippen LogP) is 2.60. The van der Waals surface area contributed by atoms with E-state index in [0.717, 1.165) is 0 Å². The van der Waals surface area contributed by atoms with Crippen LogP contribution in [0.15, 0.2) is 18.2 Å². The Balaban J connectivity index is 3.18. The topological polar surface area (TPSA) is 40.5 Å². The molecule has 0 amide bonds. The fraction of sp³-hybridized carbons (Fsp3) is 0.462. The maximum Gasteiger partial charge on any atom is 0.325 e. The summed E-state index contributed by atoms with van der Waals surface area (Å²) in [6.07, 6.45) is 0. The summed E-state index contributed by atoms with van der Waals surface area (Å²) in [5.74, 6) is -1.24. The molecule has 0 aliphatic heterocycles. The molecule has 94 valence electrons. The average molecular weight is 239 g/mol. The minimum absolute atomic E-state index is 0.338. The number of rotatable bonds is 5.